The normalized spacial score (nSPS) is 22.1. The zero-order chi connectivity index (χ0) is 17.4. The number of fused-ring (bicyclic) bond motifs is 1. The van der Waals surface area contributed by atoms with Crippen LogP contribution in [-0.2, 0) is 10.2 Å². The summed E-state index contributed by atoms with van der Waals surface area (Å²) >= 11 is 0. The van der Waals surface area contributed by atoms with Crippen molar-refractivity contribution in [3.8, 4) is 5.75 Å². The van der Waals surface area contributed by atoms with E-state index in [1.54, 1.807) is 7.11 Å². The fourth-order valence-electron chi connectivity index (χ4n) is 3.24. The number of hydrogen-bond donors (Lipinski definition) is 2. The van der Waals surface area contributed by atoms with Crippen LogP contribution in [0.3, 0.4) is 0 Å². The van der Waals surface area contributed by atoms with Crippen LogP contribution in [0.1, 0.15) is 23.2 Å². The van der Waals surface area contributed by atoms with Crippen LogP contribution >= 0.6 is 0 Å². The van der Waals surface area contributed by atoms with Gasteiger partial charge in [0.25, 0.3) is 10.2 Å². The first-order valence-corrected chi connectivity index (χ1v) is 9.46. The molecule has 128 valence electrons. The van der Waals surface area contributed by atoms with E-state index >= 15 is 0 Å². The SMILES string of the molecule is COc1ccc(C2NS(=O)(=O)NC2c2ccc3ccccc3c2)cc1. The molecule has 5 nitrogen and oxygen atoms in total. The standard InChI is InChI=1S/C19H18N2O3S/c1-24-17-10-8-14(9-11-17)18-19(21-25(22,23)20-18)16-7-6-13-4-2-3-5-15(13)12-16/h2-12,18-21H,1H3. The molecule has 0 aromatic heterocycles. The average molecular weight is 354 g/mol. The minimum Gasteiger partial charge on any atom is -0.497 e. The Morgan fingerprint density at radius 2 is 1.40 bits per heavy atom. The molecule has 2 N–H and O–H groups in total. The molecule has 1 aliphatic heterocycles. The van der Waals surface area contributed by atoms with Crippen LogP contribution in [0.2, 0.25) is 0 Å². The van der Waals surface area contributed by atoms with Crippen molar-refractivity contribution in [3.63, 3.8) is 0 Å². The molecular weight excluding hydrogens is 336 g/mol. The average Bonchev–Trinajstić information content (AvgIpc) is 2.97. The van der Waals surface area contributed by atoms with E-state index in [9.17, 15) is 8.42 Å². The molecule has 3 aromatic carbocycles. The van der Waals surface area contributed by atoms with Crippen molar-refractivity contribution >= 4 is 21.0 Å². The van der Waals surface area contributed by atoms with Gasteiger partial charge in [-0.05, 0) is 40.1 Å². The van der Waals surface area contributed by atoms with E-state index < -0.39 is 10.2 Å². The van der Waals surface area contributed by atoms with Crippen LogP contribution in [0.4, 0.5) is 0 Å². The molecule has 0 aliphatic carbocycles. The lowest BCUT2D eigenvalue weighted by molar-refractivity contribution is 0.414. The molecule has 1 fully saturated rings. The van der Waals surface area contributed by atoms with Gasteiger partial charge in [0.2, 0.25) is 0 Å². The largest absolute Gasteiger partial charge is 0.497 e. The first-order valence-electron chi connectivity index (χ1n) is 7.98. The summed E-state index contributed by atoms with van der Waals surface area (Å²) in [5.41, 5.74) is 1.81. The molecule has 0 spiro atoms. The molecule has 0 bridgehead atoms. The van der Waals surface area contributed by atoms with Crippen molar-refractivity contribution in [2.75, 3.05) is 7.11 Å². The van der Waals surface area contributed by atoms with Crippen LogP contribution in [0.5, 0.6) is 5.75 Å². The minimum absolute atomic E-state index is 0.372. The second-order valence-electron chi connectivity index (χ2n) is 6.07. The number of benzene rings is 3. The van der Waals surface area contributed by atoms with Crippen LogP contribution in [0.25, 0.3) is 10.8 Å². The van der Waals surface area contributed by atoms with Gasteiger partial charge in [0.15, 0.2) is 0 Å². The summed E-state index contributed by atoms with van der Waals surface area (Å²) in [5.74, 6) is 0.736. The Labute approximate surface area is 146 Å². The summed E-state index contributed by atoms with van der Waals surface area (Å²) in [7, 11) is -1.94. The molecule has 4 rings (SSSR count). The molecule has 3 aromatic rings. The summed E-state index contributed by atoms with van der Waals surface area (Å²) in [4.78, 5) is 0. The van der Waals surface area contributed by atoms with Gasteiger partial charge < -0.3 is 4.74 Å². The summed E-state index contributed by atoms with van der Waals surface area (Å²) in [6.45, 7) is 0. The Hall–Kier alpha value is -2.41. The van der Waals surface area contributed by atoms with Crippen LogP contribution in [0, 0.1) is 0 Å². The van der Waals surface area contributed by atoms with Gasteiger partial charge in [-0.25, -0.2) is 0 Å². The maximum atomic E-state index is 12.1. The molecular formula is C19H18N2O3S. The number of methoxy groups -OCH3 is 1. The highest BCUT2D eigenvalue weighted by atomic mass is 32.2. The number of hydrogen-bond acceptors (Lipinski definition) is 3. The minimum atomic E-state index is -3.54. The third kappa shape index (κ3) is 3.11. The lowest BCUT2D eigenvalue weighted by atomic mass is 9.93. The van der Waals surface area contributed by atoms with Crippen molar-refractivity contribution in [1.82, 2.24) is 9.44 Å². The van der Waals surface area contributed by atoms with Crippen molar-refractivity contribution in [2.24, 2.45) is 0 Å². The second kappa shape index (κ2) is 6.15. The van der Waals surface area contributed by atoms with Gasteiger partial charge in [0.05, 0.1) is 19.2 Å². The van der Waals surface area contributed by atoms with Crippen LogP contribution < -0.4 is 14.2 Å². The zero-order valence-electron chi connectivity index (χ0n) is 13.6. The summed E-state index contributed by atoms with van der Waals surface area (Å²) in [5, 5.41) is 2.21. The molecule has 1 heterocycles. The Kier molecular flexibility index (Phi) is 3.95. The molecule has 2 unspecified atom stereocenters. The molecule has 25 heavy (non-hydrogen) atoms. The molecule has 2 atom stereocenters. The lowest BCUT2D eigenvalue weighted by Crippen LogP contribution is -2.24. The fraction of sp³-hybridized carbons (Fsp3) is 0.158. The van der Waals surface area contributed by atoms with Gasteiger partial charge in [0, 0.05) is 0 Å². The first kappa shape index (κ1) is 16.1. The third-order valence-electron chi connectivity index (χ3n) is 4.51. The van der Waals surface area contributed by atoms with Gasteiger partial charge in [0.1, 0.15) is 5.75 Å². The highest BCUT2D eigenvalue weighted by Crippen LogP contribution is 2.35. The first-order chi connectivity index (χ1) is 12.1. The Bertz CT molecular complexity index is 1020. The van der Waals surface area contributed by atoms with E-state index in [4.69, 9.17) is 4.74 Å². The fourth-order valence-corrected chi connectivity index (χ4v) is 4.52. The predicted octanol–water partition coefficient (Wildman–Crippen LogP) is 3.07. The van der Waals surface area contributed by atoms with Gasteiger partial charge >= 0.3 is 0 Å². The summed E-state index contributed by atoms with van der Waals surface area (Å²) < 4.78 is 34.9. The maximum absolute atomic E-state index is 12.1. The summed E-state index contributed by atoms with van der Waals surface area (Å²) in [6.07, 6.45) is 0. The predicted molar refractivity (Wildman–Crippen MR) is 97.6 cm³/mol. The second-order valence-corrected chi connectivity index (χ2v) is 7.55. The third-order valence-corrected chi connectivity index (χ3v) is 5.63. The number of ether oxygens (including phenoxy) is 1. The highest BCUT2D eigenvalue weighted by molar-refractivity contribution is 7.87. The monoisotopic (exact) mass is 354 g/mol. The quantitative estimate of drug-likeness (QED) is 0.760. The molecule has 1 saturated heterocycles. The molecule has 0 radical (unpaired) electrons. The van der Waals surface area contributed by atoms with Gasteiger partial charge in [-0.15, -0.1) is 0 Å². The van der Waals surface area contributed by atoms with Crippen molar-refractivity contribution < 1.29 is 13.2 Å². The van der Waals surface area contributed by atoms with Crippen molar-refractivity contribution in [1.29, 1.82) is 0 Å². The Balaban J connectivity index is 1.76. The number of rotatable bonds is 3. The van der Waals surface area contributed by atoms with Crippen LogP contribution in [0.15, 0.2) is 66.7 Å². The molecule has 1 aliphatic rings. The maximum Gasteiger partial charge on any atom is 0.278 e. The smallest absolute Gasteiger partial charge is 0.278 e. The van der Waals surface area contributed by atoms with Gasteiger partial charge in [-0.3, -0.25) is 0 Å². The van der Waals surface area contributed by atoms with Crippen molar-refractivity contribution in [2.45, 2.75) is 12.1 Å². The van der Waals surface area contributed by atoms with E-state index in [-0.39, 0.29) is 12.1 Å². The summed E-state index contributed by atoms with van der Waals surface area (Å²) in [6, 6.07) is 20.7. The van der Waals surface area contributed by atoms with Crippen molar-refractivity contribution in [3.05, 3.63) is 77.9 Å². The molecule has 0 saturated carbocycles. The van der Waals surface area contributed by atoms with E-state index in [1.165, 1.54) is 0 Å². The van der Waals surface area contributed by atoms with Gasteiger partial charge in [-0.2, -0.15) is 17.9 Å². The lowest BCUT2D eigenvalue weighted by Gasteiger charge is -2.19. The van der Waals surface area contributed by atoms with E-state index in [1.807, 2.05) is 66.7 Å². The van der Waals surface area contributed by atoms with E-state index in [2.05, 4.69) is 9.44 Å². The topological polar surface area (TPSA) is 67.4 Å². The molecule has 0 amide bonds. The van der Waals surface area contributed by atoms with Gasteiger partial charge in [-0.1, -0.05) is 48.5 Å². The molecule has 6 heteroatoms. The Morgan fingerprint density at radius 1 is 0.800 bits per heavy atom. The Morgan fingerprint density at radius 3 is 2.08 bits per heavy atom. The van der Waals surface area contributed by atoms with Crippen LogP contribution in [-0.4, -0.2) is 15.5 Å². The van der Waals surface area contributed by atoms with E-state index in [0.29, 0.717) is 0 Å². The van der Waals surface area contributed by atoms with E-state index in [0.717, 1.165) is 27.6 Å². The number of nitrogens with one attached hydrogen (secondary N) is 2. The highest BCUT2D eigenvalue weighted by Gasteiger charge is 2.38. The zero-order valence-corrected chi connectivity index (χ0v) is 14.5.